The molecule has 6 aliphatic heterocycles. The van der Waals surface area contributed by atoms with E-state index in [1.165, 1.54) is 0 Å². The van der Waals surface area contributed by atoms with Crippen LogP contribution in [0.3, 0.4) is 0 Å². The SMILES string of the molecule is OC[C@H]1O[C@@H](O[C@@H]2[C@H](O)[C@@H](O)[C@H](OC[C@H]3O[C@H](O[C@@H]4[C@H](O)[C@@H](O[C@H]5[C@@H](O)[C@@H](CO)OC(O)[C@@H]5O)O[C@H](CO)[C@H]4O)[C@H](O[C@H]4O[C@H](CO)[C@H](O)[C@H](O)[C@H]4O)[C@@H](O)[C@@H]3O)O[C@@H]2CO)[C@H](O)[C@@H](O)[C@H]1O. The maximum absolute atomic E-state index is 11.5. The molecule has 31 nitrogen and oxygen atoms in total. The lowest BCUT2D eigenvalue weighted by atomic mass is 9.95. The second-order valence-corrected chi connectivity index (χ2v) is 16.8. The van der Waals surface area contributed by atoms with Crippen molar-refractivity contribution in [1.29, 1.82) is 0 Å². The Bertz CT molecular complexity index is 1500. The first-order valence-corrected chi connectivity index (χ1v) is 21.1. The Balaban J connectivity index is 1.22. The van der Waals surface area contributed by atoms with E-state index in [0.29, 0.717) is 0 Å². The summed E-state index contributed by atoms with van der Waals surface area (Å²) in [6, 6.07) is 0. The molecule has 0 spiro atoms. The van der Waals surface area contributed by atoms with Crippen molar-refractivity contribution in [2.24, 2.45) is 0 Å². The van der Waals surface area contributed by atoms with Gasteiger partial charge in [0.15, 0.2) is 37.7 Å². The molecule has 6 aliphatic rings. The van der Waals surface area contributed by atoms with Crippen LogP contribution in [0.1, 0.15) is 0 Å². The van der Waals surface area contributed by atoms with Crippen LogP contribution in [0.4, 0.5) is 0 Å². The van der Waals surface area contributed by atoms with Crippen LogP contribution in [0.5, 0.6) is 0 Å². The van der Waals surface area contributed by atoms with Crippen molar-refractivity contribution in [2.75, 3.05) is 39.6 Å². The van der Waals surface area contributed by atoms with Crippen LogP contribution < -0.4 is 0 Å². The Hall–Kier alpha value is -1.24. The van der Waals surface area contributed by atoms with Gasteiger partial charge >= 0.3 is 0 Å². The van der Waals surface area contributed by atoms with Crippen LogP contribution in [-0.2, 0) is 52.1 Å². The van der Waals surface area contributed by atoms with Crippen molar-refractivity contribution < 1.29 is 154 Å². The summed E-state index contributed by atoms with van der Waals surface area (Å²) in [5.74, 6) is 0. The molecule has 0 aliphatic carbocycles. The van der Waals surface area contributed by atoms with Crippen molar-refractivity contribution in [3.05, 3.63) is 0 Å². The summed E-state index contributed by atoms with van der Waals surface area (Å²) < 4.78 is 60.9. The van der Waals surface area contributed by atoms with E-state index in [0.717, 1.165) is 0 Å². The van der Waals surface area contributed by atoms with Gasteiger partial charge in [-0.1, -0.05) is 0 Å². The second-order valence-electron chi connectivity index (χ2n) is 16.8. The molecule has 1 unspecified atom stereocenters. The summed E-state index contributed by atoms with van der Waals surface area (Å²) >= 11 is 0. The number of hydrogen-bond acceptors (Lipinski definition) is 31. The number of rotatable bonds is 16. The van der Waals surface area contributed by atoms with Crippen LogP contribution in [-0.4, -0.2) is 326 Å². The van der Waals surface area contributed by atoms with Gasteiger partial charge in [0, 0.05) is 0 Å². The van der Waals surface area contributed by atoms with Crippen LogP contribution in [0.25, 0.3) is 0 Å². The molecule has 31 heteroatoms. The highest BCUT2D eigenvalue weighted by Gasteiger charge is 2.57. The summed E-state index contributed by atoms with van der Waals surface area (Å²) in [7, 11) is 0. The fourth-order valence-corrected chi connectivity index (χ4v) is 8.38. The maximum atomic E-state index is 11.5. The zero-order valence-electron chi connectivity index (χ0n) is 35.0. The van der Waals surface area contributed by atoms with Gasteiger partial charge < -0.3 is 154 Å². The Morgan fingerprint density at radius 2 is 0.597 bits per heavy atom. The molecule has 392 valence electrons. The van der Waals surface area contributed by atoms with Gasteiger partial charge in [-0.05, 0) is 0 Å². The molecular formula is C36H62O31. The molecule has 0 aromatic heterocycles. The predicted octanol–water partition coefficient (Wildman–Crippen LogP) is -14.1. The van der Waals surface area contributed by atoms with E-state index in [4.69, 9.17) is 52.1 Å². The smallest absolute Gasteiger partial charge is 0.187 e. The summed E-state index contributed by atoms with van der Waals surface area (Å²) in [5.41, 5.74) is 0. The van der Waals surface area contributed by atoms with Gasteiger partial charge in [-0.3, -0.25) is 0 Å². The van der Waals surface area contributed by atoms with Gasteiger partial charge in [0.1, 0.15) is 146 Å². The summed E-state index contributed by atoms with van der Waals surface area (Å²) in [4.78, 5) is 0. The Morgan fingerprint density at radius 1 is 0.254 bits per heavy atom. The maximum Gasteiger partial charge on any atom is 0.187 e. The average Bonchev–Trinajstić information content (AvgIpc) is 3.31. The van der Waals surface area contributed by atoms with Gasteiger partial charge in [-0.2, -0.15) is 0 Å². The van der Waals surface area contributed by atoms with E-state index in [2.05, 4.69) is 0 Å². The standard InChI is InChI=1S/C36H62O31/c37-1-7-13(42)18(47)22(51)33(59-7)64-27-11(5-41)62-32(24(53)21(27)50)57-6-12-15(44)20(49)30(67-34-23(52)19(48)14(43)8(2-38)60-34)36(63-12)66-29-17(46)10(4-40)61-35(26(29)55)65-28-16(45)9(3-39)58-31(56)25(28)54/h7-56H,1-6H2/t7-,8-,9-,10-,11-,12-,13+,14+,15-,16+,17-,18+,19+,20+,21-,22-,23-,24-,25-,26+,27+,28+,29+,30-,31?,32-,33+,34-,35-,36-/m1/s1. The van der Waals surface area contributed by atoms with Gasteiger partial charge in [-0.15, -0.1) is 0 Å². The van der Waals surface area contributed by atoms with Crippen molar-refractivity contribution >= 4 is 0 Å². The lowest BCUT2D eigenvalue weighted by Crippen LogP contribution is -2.68. The number of hydrogen-bond donors (Lipinski definition) is 20. The first-order chi connectivity index (χ1) is 31.7. The zero-order chi connectivity index (χ0) is 49.3. The van der Waals surface area contributed by atoms with Gasteiger partial charge in [-0.25, -0.2) is 0 Å². The lowest BCUT2D eigenvalue weighted by molar-refractivity contribution is -0.399. The minimum absolute atomic E-state index is 0.841. The third kappa shape index (κ3) is 11.4. The molecule has 0 bridgehead atoms. The van der Waals surface area contributed by atoms with Crippen molar-refractivity contribution in [3.63, 3.8) is 0 Å². The van der Waals surface area contributed by atoms with Crippen molar-refractivity contribution in [3.8, 4) is 0 Å². The van der Waals surface area contributed by atoms with E-state index in [9.17, 15) is 102 Å². The average molecular weight is 991 g/mol. The second kappa shape index (κ2) is 23.5. The summed E-state index contributed by atoms with van der Waals surface area (Å²) in [6.07, 6.45) is -58.1. The molecule has 67 heavy (non-hydrogen) atoms. The first kappa shape index (κ1) is 55.1. The van der Waals surface area contributed by atoms with E-state index in [1.54, 1.807) is 0 Å². The Labute approximate surface area is 378 Å². The van der Waals surface area contributed by atoms with E-state index in [-0.39, 0.29) is 0 Å². The fourth-order valence-electron chi connectivity index (χ4n) is 8.38. The Kier molecular flexibility index (Phi) is 19.4. The molecule has 0 amide bonds. The molecule has 6 heterocycles. The third-order valence-electron chi connectivity index (χ3n) is 12.4. The number of aliphatic hydroxyl groups is 20. The van der Waals surface area contributed by atoms with Gasteiger partial charge in [0.25, 0.3) is 0 Å². The summed E-state index contributed by atoms with van der Waals surface area (Å²) in [6.45, 7) is -5.59. The highest BCUT2D eigenvalue weighted by atomic mass is 16.8. The monoisotopic (exact) mass is 990 g/mol. The zero-order valence-corrected chi connectivity index (χ0v) is 35.0. The molecule has 0 aromatic carbocycles. The number of ether oxygens (including phenoxy) is 11. The fraction of sp³-hybridized carbons (Fsp3) is 1.00. The molecule has 0 radical (unpaired) electrons. The lowest BCUT2D eigenvalue weighted by Gasteiger charge is -2.49. The predicted molar refractivity (Wildman–Crippen MR) is 199 cm³/mol. The van der Waals surface area contributed by atoms with Crippen LogP contribution in [0.2, 0.25) is 0 Å². The molecule has 6 saturated heterocycles. The molecule has 0 aromatic rings. The highest BCUT2D eigenvalue weighted by molar-refractivity contribution is 4.99. The molecule has 20 N–H and O–H groups in total. The van der Waals surface area contributed by atoms with E-state index in [1.807, 2.05) is 0 Å². The van der Waals surface area contributed by atoms with Crippen LogP contribution in [0, 0.1) is 0 Å². The minimum Gasteiger partial charge on any atom is -0.394 e. The minimum atomic E-state index is -2.25. The third-order valence-corrected chi connectivity index (χ3v) is 12.4. The first-order valence-electron chi connectivity index (χ1n) is 21.1. The molecule has 6 fully saturated rings. The van der Waals surface area contributed by atoms with Gasteiger partial charge in [0.05, 0.1) is 39.6 Å². The van der Waals surface area contributed by atoms with Crippen molar-refractivity contribution in [1.82, 2.24) is 0 Å². The summed E-state index contributed by atoms with van der Waals surface area (Å²) in [5, 5.41) is 210. The van der Waals surface area contributed by atoms with Crippen LogP contribution in [0.15, 0.2) is 0 Å². The normalized spacial score (nSPS) is 53.4. The van der Waals surface area contributed by atoms with Gasteiger partial charge in [0.2, 0.25) is 0 Å². The Morgan fingerprint density at radius 3 is 1.10 bits per heavy atom. The quantitative estimate of drug-likeness (QED) is 0.0683. The van der Waals surface area contributed by atoms with Crippen LogP contribution >= 0.6 is 0 Å². The molecule has 6 rings (SSSR count). The van der Waals surface area contributed by atoms with E-state index >= 15 is 0 Å². The molecule has 30 atom stereocenters. The van der Waals surface area contributed by atoms with Crippen molar-refractivity contribution in [2.45, 2.75) is 184 Å². The largest absolute Gasteiger partial charge is 0.394 e. The highest BCUT2D eigenvalue weighted by Crippen LogP contribution is 2.36. The molecular weight excluding hydrogens is 928 g/mol. The van der Waals surface area contributed by atoms with E-state index < -0.39 is 224 Å². The number of aliphatic hydroxyl groups excluding tert-OH is 20. The topological polar surface area (TPSA) is 506 Å². The molecule has 0 saturated carbocycles.